The molecule has 0 aliphatic carbocycles. The average molecular weight is 196 g/mol. The van der Waals surface area contributed by atoms with Crippen molar-refractivity contribution in [2.75, 3.05) is 33.2 Å². The lowest BCUT2D eigenvalue weighted by atomic mass is 9.79. The molecule has 2 aliphatic heterocycles. The molecule has 0 bridgehead atoms. The minimum absolute atomic E-state index is 0.156. The molecule has 1 spiro atoms. The molecule has 0 radical (unpaired) electrons. The Morgan fingerprint density at radius 1 is 1.29 bits per heavy atom. The van der Waals surface area contributed by atoms with E-state index in [1.165, 1.54) is 19.5 Å². The number of hydrogen-bond donors (Lipinski definition) is 0. The summed E-state index contributed by atoms with van der Waals surface area (Å²) in [5.41, 5.74) is 0.458. The van der Waals surface area contributed by atoms with Gasteiger partial charge in [0.2, 0.25) is 5.91 Å². The predicted octanol–water partition coefficient (Wildman–Crippen LogP) is 0.806. The Labute approximate surface area is 86.1 Å². The van der Waals surface area contributed by atoms with E-state index in [0.29, 0.717) is 11.3 Å². The third kappa shape index (κ3) is 1.54. The molecule has 0 aromatic heterocycles. The monoisotopic (exact) mass is 196 g/mol. The van der Waals surface area contributed by atoms with Crippen molar-refractivity contribution in [3.8, 4) is 0 Å². The zero-order valence-electron chi connectivity index (χ0n) is 9.42. The number of amides is 1. The minimum atomic E-state index is 0.156. The van der Waals surface area contributed by atoms with Gasteiger partial charge in [-0.25, -0.2) is 0 Å². The van der Waals surface area contributed by atoms with Gasteiger partial charge in [0, 0.05) is 37.5 Å². The molecule has 14 heavy (non-hydrogen) atoms. The summed E-state index contributed by atoms with van der Waals surface area (Å²) in [6.07, 6.45) is 1.20. The van der Waals surface area contributed by atoms with E-state index in [2.05, 4.69) is 16.8 Å². The summed E-state index contributed by atoms with van der Waals surface area (Å²) < 4.78 is 0. The molecule has 0 saturated carbocycles. The molecule has 80 valence electrons. The Morgan fingerprint density at radius 3 is 2.43 bits per heavy atom. The van der Waals surface area contributed by atoms with E-state index >= 15 is 0 Å². The van der Waals surface area contributed by atoms with Crippen LogP contribution >= 0.6 is 0 Å². The largest absolute Gasteiger partial charge is 0.342 e. The summed E-state index contributed by atoms with van der Waals surface area (Å²) in [7, 11) is 2.15. The highest BCUT2D eigenvalue weighted by Crippen LogP contribution is 2.38. The van der Waals surface area contributed by atoms with Crippen LogP contribution in [-0.2, 0) is 4.79 Å². The highest BCUT2D eigenvalue weighted by atomic mass is 16.2. The molecule has 0 atom stereocenters. The summed E-state index contributed by atoms with van der Waals surface area (Å²) in [5, 5.41) is 0. The second-order valence-corrected chi connectivity index (χ2v) is 5.34. The van der Waals surface area contributed by atoms with Crippen LogP contribution < -0.4 is 0 Å². The maximum Gasteiger partial charge on any atom is 0.225 e. The van der Waals surface area contributed by atoms with Crippen molar-refractivity contribution in [1.29, 1.82) is 0 Å². The first-order valence-electron chi connectivity index (χ1n) is 5.50. The molecule has 2 heterocycles. The van der Waals surface area contributed by atoms with Gasteiger partial charge in [0.15, 0.2) is 0 Å². The molecule has 2 fully saturated rings. The quantitative estimate of drug-likeness (QED) is 0.619. The number of carbonyl (C=O) groups is 1. The number of carbonyl (C=O) groups excluding carboxylic acids is 1. The van der Waals surface area contributed by atoms with E-state index in [9.17, 15) is 4.79 Å². The Bertz CT molecular complexity index is 244. The molecule has 3 heteroatoms. The number of rotatable bonds is 1. The van der Waals surface area contributed by atoms with Crippen LogP contribution in [0.5, 0.6) is 0 Å². The van der Waals surface area contributed by atoms with Crippen molar-refractivity contribution in [3.05, 3.63) is 0 Å². The second-order valence-electron chi connectivity index (χ2n) is 5.34. The molecule has 0 aromatic rings. The molecule has 1 amide bonds. The third-order valence-corrected chi connectivity index (χ3v) is 3.45. The lowest BCUT2D eigenvalue weighted by Gasteiger charge is -2.46. The summed E-state index contributed by atoms with van der Waals surface area (Å²) in [4.78, 5) is 16.2. The minimum Gasteiger partial charge on any atom is -0.342 e. The lowest BCUT2D eigenvalue weighted by Crippen LogP contribution is -2.55. The van der Waals surface area contributed by atoms with Crippen molar-refractivity contribution in [3.63, 3.8) is 0 Å². The Hall–Kier alpha value is -0.570. The SMILES string of the molecule is CC(C)C(=O)N1CCC2(CN(C)C2)C1. The van der Waals surface area contributed by atoms with Crippen LogP contribution in [0.25, 0.3) is 0 Å². The van der Waals surface area contributed by atoms with E-state index in [1.54, 1.807) is 0 Å². The molecule has 2 aliphatic rings. The van der Waals surface area contributed by atoms with Crippen LogP contribution in [0.4, 0.5) is 0 Å². The number of hydrogen-bond acceptors (Lipinski definition) is 2. The van der Waals surface area contributed by atoms with Gasteiger partial charge in [-0.15, -0.1) is 0 Å². The Morgan fingerprint density at radius 2 is 1.93 bits per heavy atom. The zero-order chi connectivity index (χ0) is 10.3. The highest BCUT2D eigenvalue weighted by molar-refractivity contribution is 5.78. The maximum absolute atomic E-state index is 11.8. The molecule has 2 saturated heterocycles. The predicted molar refractivity (Wildman–Crippen MR) is 56.0 cm³/mol. The first-order chi connectivity index (χ1) is 6.52. The summed E-state index contributed by atoms with van der Waals surface area (Å²) in [5.74, 6) is 0.486. The van der Waals surface area contributed by atoms with E-state index < -0.39 is 0 Å². The Kier molecular flexibility index (Phi) is 2.30. The van der Waals surface area contributed by atoms with Crippen LogP contribution in [0, 0.1) is 11.3 Å². The fraction of sp³-hybridized carbons (Fsp3) is 0.909. The van der Waals surface area contributed by atoms with Gasteiger partial charge in [0.25, 0.3) is 0 Å². The van der Waals surface area contributed by atoms with Crippen molar-refractivity contribution in [1.82, 2.24) is 9.80 Å². The topological polar surface area (TPSA) is 23.6 Å². The molecule has 0 N–H and O–H groups in total. The van der Waals surface area contributed by atoms with Gasteiger partial charge in [0.1, 0.15) is 0 Å². The van der Waals surface area contributed by atoms with Crippen molar-refractivity contribution in [2.24, 2.45) is 11.3 Å². The van der Waals surface area contributed by atoms with Crippen molar-refractivity contribution >= 4 is 5.91 Å². The maximum atomic E-state index is 11.8. The zero-order valence-corrected chi connectivity index (χ0v) is 9.42. The van der Waals surface area contributed by atoms with E-state index in [0.717, 1.165) is 13.1 Å². The Balaban J connectivity index is 1.92. The van der Waals surface area contributed by atoms with Gasteiger partial charge in [-0.3, -0.25) is 4.79 Å². The van der Waals surface area contributed by atoms with Crippen LogP contribution in [0.2, 0.25) is 0 Å². The normalized spacial score (nSPS) is 25.9. The fourth-order valence-electron chi connectivity index (χ4n) is 2.85. The standard InChI is InChI=1S/C11H20N2O/c1-9(2)10(14)13-5-4-11(8-13)6-12(3)7-11/h9H,4-8H2,1-3H3. The number of likely N-dealkylation sites (tertiary alicyclic amines) is 2. The van der Waals surface area contributed by atoms with Crippen molar-refractivity contribution < 1.29 is 4.79 Å². The van der Waals surface area contributed by atoms with E-state index in [4.69, 9.17) is 0 Å². The molecular formula is C11H20N2O. The van der Waals surface area contributed by atoms with Crippen LogP contribution in [0.15, 0.2) is 0 Å². The summed E-state index contributed by atoms with van der Waals surface area (Å²) in [6, 6.07) is 0. The molecular weight excluding hydrogens is 176 g/mol. The molecule has 2 rings (SSSR count). The van der Waals surface area contributed by atoms with E-state index in [-0.39, 0.29) is 5.92 Å². The average Bonchev–Trinajstić information content (AvgIpc) is 2.47. The second kappa shape index (κ2) is 3.23. The van der Waals surface area contributed by atoms with Crippen LogP contribution in [-0.4, -0.2) is 48.9 Å². The van der Waals surface area contributed by atoms with E-state index in [1.807, 2.05) is 13.8 Å². The van der Waals surface area contributed by atoms with Crippen LogP contribution in [0.3, 0.4) is 0 Å². The van der Waals surface area contributed by atoms with Gasteiger partial charge < -0.3 is 9.80 Å². The van der Waals surface area contributed by atoms with Gasteiger partial charge in [-0.1, -0.05) is 13.8 Å². The summed E-state index contributed by atoms with van der Waals surface area (Å²) in [6.45, 7) is 8.30. The third-order valence-electron chi connectivity index (χ3n) is 3.45. The van der Waals surface area contributed by atoms with Crippen molar-refractivity contribution in [2.45, 2.75) is 20.3 Å². The van der Waals surface area contributed by atoms with Gasteiger partial charge in [-0.2, -0.15) is 0 Å². The number of nitrogens with zero attached hydrogens (tertiary/aromatic N) is 2. The van der Waals surface area contributed by atoms with Gasteiger partial charge in [0.05, 0.1) is 0 Å². The molecule has 3 nitrogen and oxygen atoms in total. The smallest absolute Gasteiger partial charge is 0.225 e. The van der Waals surface area contributed by atoms with Gasteiger partial charge >= 0.3 is 0 Å². The fourth-order valence-corrected chi connectivity index (χ4v) is 2.85. The molecule has 0 aromatic carbocycles. The summed E-state index contributed by atoms with van der Waals surface area (Å²) >= 11 is 0. The first-order valence-corrected chi connectivity index (χ1v) is 5.50. The van der Waals surface area contributed by atoms with Crippen LogP contribution in [0.1, 0.15) is 20.3 Å². The first kappa shape index (κ1) is 9.97. The highest BCUT2D eigenvalue weighted by Gasteiger charge is 2.47. The molecule has 0 unspecified atom stereocenters. The lowest BCUT2D eigenvalue weighted by molar-refractivity contribution is -0.134. The van der Waals surface area contributed by atoms with Gasteiger partial charge in [-0.05, 0) is 13.5 Å².